The highest BCUT2D eigenvalue weighted by Gasteiger charge is 2.60. The van der Waals surface area contributed by atoms with Crippen molar-refractivity contribution < 1.29 is 4.79 Å². The molecule has 2 aromatic rings. The molecule has 3 rings (SSSR count). The largest absolute Gasteiger partial charge is 0.273 e. The lowest BCUT2D eigenvalue weighted by Gasteiger charge is -2.18. The fourth-order valence-electron chi connectivity index (χ4n) is 3.40. The molecule has 0 spiro atoms. The third-order valence-corrected chi connectivity index (χ3v) is 4.81. The van der Waals surface area contributed by atoms with Crippen molar-refractivity contribution in [1.82, 2.24) is 5.43 Å². The lowest BCUT2D eigenvalue weighted by atomic mass is 9.85. The summed E-state index contributed by atoms with van der Waals surface area (Å²) in [4.78, 5) is 12.6. The average Bonchev–Trinajstić information content (AvgIpc) is 3.40. The maximum absolute atomic E-state index is 12.6. The van der Waals surface area contributed by atoms with Gasteiger partial charge in [0, 0.05) is 11.6 Å². The molecule has 124 valence electrons. The van der Waals surface area contributed by atoms with E-state index in [1.165, 1.54) is 11.1 Å². The first-order valence-electron chi connectivity index (χ1n) is 8.71. The zero-order valence-electron chi connectivity index (χ0n) is 14.1. The van der Waals surface area contributed by atoms with E-state index in [0.29, 0.717) is 0 Å². The number of carbonyl (C=O) groups is 1. The van der Waals surface area contributed by atoms with Gasteiger partial charge >= 0.3 is 0 Å². The summed E-state index contributed by atoms with van der Waals surface area (Å²) < 4.78 is 0. The Balaban J connectivity index is 1.78. The highest BCUT2D eigenvalue weighted by atomic mass is 16.2. The van der Waals surface area contributed by atoms with Gasteiger partial charge in [0.2, 0.25) is 5.91 Å². The Bertz CT molecular complexity index is 655. The van der Waals surface area contributed by atoms with E-state index in [-0.39, 0.29) is 17.2 Å². The second-order valence-electron chi connectivity index (χ2n) is 6.39. The van der Waals surface area contributed by atoms with Crippen molar-refractivity contribution >= 4 is 12.1 Å². The van der Waals surface area contributed by atoms with Gasteiger partial charge in [0.1, 0.15) is 0 Å². The maximum atomic E-state index is 12.6. The third kappa shape index (κ3) is 3.25. The van der Waals surface area contributed by atoms with Crippen molar-refractivity contribution in [3.63, 3.8) is 0 Å². The zero-order valence-corrected chi connectivity index (χ0v) is 14.1. The number of unbranched alkanes of at least 4 members (excludes halogenated alkanes) is 2. The van der Waals surface area contributed by atoms with E-state index in [9.17, 15) is 4.79 Å². The minimum Gasteiger partial charge on any atom is -0.273 e. The third-order valence-electron chi connectivity index (χ3n) is 4.81. The van der Waals surface area contributed by atoms with Crippen LogP contribution in [0.2, 0.25) is 0 Å². The van der Waals surface area contributed by atoms with Crippen molar-refractivity contribution in [2.45, 2.75) is 38.0 Å². The summed E-state index contributed by atoms with van der Waals surface area (Å²) in [6, 6.07) is 20.6. The van der Waals surface area contributed by atoms with Crippen LogP contribution in [0.25, 0.3) is 0 Å². The molecule has 1 N–H and O–H groups in total. The molecule has 3 nitrogen and oxygen atoms in total. The Labute approximate surface area is 143 Å². The topological polar surface area (TPSA) is 41.5 Å². The number of hydrogen-bond acceptors (Lipinski definition) is 2. The summed E-state index contributed by atoms with van der Waals surface area (Å²) in [5.74, 6) is -0.0546. The van der Waals surface area contributed by atoms with Gasteiger partial charge in [-0.2, -0.15) is 5.10 Å². The Kier molecular flexibility index (Phi) is 5.09. The molecule has 1 aliphatic carbocycles. The van der Waals surface area contributed by atoms with E-state index in [1.54, 1.807) is 6.21 Å². The predicted molar refractivity (Wildman–Crippen MR) is 97.9 cm³/mol. The van der Waals surface area contributed by atoms with Crippen molar-refractivity contribution in [3.05, 3.63) is 71.8 Å². The predicted octanol–water partition coefficient (Wildman–Crippen LogP) is 4.28. The second kappa shape index (κ2) is 7.43. The molecule has 3 heteroatoms. The zero-order chi connectivity index (χ0) is 16.8. The van der Waals surface area contributed by atoms with Crippen LogP contribution in [0.4, 0.5) is 0 Å². The van der Waals surface area contributed by atoms with Crippen LogP contribution in [-0.4, -0.2) is 12.1 Å². The lowest BCUT2D eigenvalue weighted by molar-refractivity contribution is -0.122. The molecule has 0 radical (unpaired) electrons. The van der Waals surface area contributed by atoms with Gasteiger partial charge in [0.05, 0.1) is 5.92 Å². The van der Waals surface area contributed by atoms with Gasteiger partial charge < -0.3 is 0 Å². The average molecular weight is 320 g/mol. The van der Waals surface area contributed by atoms with Gasteiger partial charge in [-0.05, 0) is 30.4 Å². The molecule has 1 saturated carbocycles. The Morgan fingerprint density at radius 2 is 1.71 bits per heavy atom. The minimum absolute atomic E-state index is 0.00968. The Hall–Kier alpha value is -2.42. The maximum Gasteiger partial charge on any atom is 0.244 e. The van der Waals surface area contributed by atoms with Crippen LogP contribution in [0.15, 0.2) is 65.8 Å². The minimum atomic E-state index is -0.217. The second-order valence-corrected chi connectivity index (χ2v) is 6.39. The summed E-state index contributed by atoms with van der Waals surface area (Å²) in [5.41, 5.74) is 4.91. The normalized spacial score (nSPS) is 18.5. The Morgan fingerprint density at radius 1 is 1.12 bits per heavy atom. The molecule has 0 aliphatic heterocycles. The quantitative estimate of drug-likeness (QED) is 0.461. The van der Waals surface area contributed by atoms with Gasteiger partial charge in [-0.1, -0.05) is 74.0 Å². The van der Waals surface area contributed by atoms with Crippen LogP contribution in [0.3, 0.4) is 0 Å². The molecule has 1 aliphatic rings. The van der Waals surface area contributed by atoms with Gasteiger partial charge in [-0.25, -0.2) is 5.43 Å². The first kappa shape index (κ1) is 16.4. The SMILES string of the molecule is CCCC/C=N\NC(=O)C1CC1(c1ccccc1)c1ccccc1. The van der Waals surface area contributed by atoms with E-state index in [1.807, 2.05) is 36.4 Å². The molecule has 1 unspecified atom stereocenters. The van der Waals surface area contributed by atoms with Crippen molar-refractivity contribution in [2.24, 2.45) is 11.0 Å². The van der Waals surface area contributed by atoms with Gasteiger partial charge in [-0.15, -0.1) is 0 Å². The van der Waals surface area contributed by atoms with Gasteiger partial charge in [0.25, 0.3) is 0 Å². The molecular weight excluding hydrogens is 296 g/mol. The molecule has 24 heavy (non-hydrogen) atoms. The number of rotatable bonds is 7. The summed E-state index contributed by atoms with van der Waals surface area (Å²) in [6.07, 6.45) is 5.77. The van der Waals surface area contributed by atoms with Crippen LogP contribution in [0, 0.1) is 5.92 Å². The number of amides is 1. The van der Waals surface area contributed by atoms with Crippen molar-refractivity contribution in [2.75, 3.05) is 0 Å². The van der Waals surface area contributed by atoms with E-state index < -0.39 is 0 Å². The fourth-order valence-corrected chi connectivity index (χ4v) is 3.40. The summed E-state index contributed by atoms with van der Waals surface area (Å²) in [6.45, 7) is 2.14. The first-order valence-corrected chi connectivity index (χ1v) is 8.71. The van der Waals surface area contributed by atoms with Gasteiger partial charge in [-0.3, -0.25) is 4.79 Å². The number of nitrogens with zero attached hydrogens (tertiary/aromatic N) is 1. The fraction of sp³-hybridized carbons (Fsp3) is 0.333. The van der Waals surface area contributed by atoms with Crippen LogP contribution >= 0.6 is 0 Å². The molecule has 0 bridgehead atoms. The molecule has 1 atom stereocenters. The number of hydrogen-bond donors (Lipinski definition) is 1. The summed E-state index contributed by atoms with van der Waals surface area (Å²) in [5, 5.41) is 4.10. The van der Waals surface area contributed by atoms with Crippen LogP contribution in [0.5, 0.6) is 0 Å². The molecule has 1 fully saturated rings. The highest BCUT2D eigenvalue weighted by Crippen LogP contribution is 2.58. The smallest absolute Gasteiger partial charge is 0.244 e. The van der Waals surface area contributed by atoms with E-state index in [0.717, 1.165) is 25.7 Å². The summed E-state index contributed by atoms with van der Waals surface area (Å²) in [7, 11) is 0. The Morgan fingerprint density at radius 3 is 2.25 bits per heavy atom. The molecule has 1 amide bonds. The van der Waals surface area contributed by atoms with E-state index >= 15 is 0 Å². The van der Waals surface area contributed by atoms with E-state index in [4.69, 9.17) is 0 Å². The molecule has 2 aromatic carbocycles. The summed E-state index contributed by atoms with van der Waals surface area (Å²) >= 11 is 0. The van der Waals surface area contributed by atoms with Crippen LogP contribution < -0.4 is 5.43 Å². The lowest BCUT2D eigenvalue weighted by Crippen LogP contribution is -2.25. The molecule has 0 saturated heterocycles. The number of carbonyl (C=O) groups excluding carboxylic acids is 1. The van der Waals surface area contributed by atoms with Crippen LogP contribution in [-0.2, 0) is 10.2 Å². The van der Waals surface area contributed by atoms with Gasteiger partial charge in [0.15, 0.2) is 0 Å². The number of nitrogens with one attached hydrogen (secondary N) is 1. The van der Waals surface area contributed by atoms with Crippen LogP contribution in [0.1, 0.15) is 43.7 Å². The highest BCUT2D eigenvalue weighted by molar-refractivity contribution is 5.86. The van der Waals surface area contributed by atoms with Crippen molar-refractivity contribution in [1.29, 1.82) is 0 Å². The molecular formula is C21H24N2O. The first-order chi connectivity index (χ1) is 11.8. The van der Waals surface area contributed by atoms with E-state index in [2.05, 4.69) is 41.7 Å². The number of benzene rings is 2. The standard InChI is InChI=1S/C21H24N2O/c1-2-3-10-15-22-23-20(24)19-16-21(19,17-11-6-4-7-12-17)18-13-8-5-9-14-18/h4-9,11-15,19H,2-3,10,16H2,1H3,(H,23,24)/b22-15-. The van der Waals surface area contributed by atoms with Crippen molar-refractivity contribution in [3.8, 4) is 0 Å². The molecule has 0 aromatic heterocycles. The molecule has 0 heterocycles. The monoisotopic (exact) mass is 320 g/mol. The number of hydrazone groups is 1.